The van der Waals surface area contributed by atoms with Crippen molar-refractivity contribution >= 4 is 11.8 Å². The molecule has 4 nitrogen and oxygen atoms in total. The third-order valence-electron chi connectivity index (χ3n) is 4.08. The first-order valence-corrected chi connectivity index (χ1v) is 9.00. The molecule has 1 heterocycles. The standard InChI is InChI=1S/C19H19F2N3OS/c1-12-6-4-5-7-16(12)17-22-23-19(24(17)3)26-13(2)14-8-10-15(11-9-14)25-18(20)21/h4-11,13,18H,1-3H3. The van der Waals surface area contributed by atoms with Crippen molar-refractivity contribution in [3.05, 3.63) is 59.7 Å². The number of ether oxygens (including phenoxy) is 1. The minimum absolute atomic E-state index is 0.0863. The second-order valence-electron chi connectivity index (χ2n) is 5.89. The van der Waals surface area contributed by atoms with Gasteiger partial charge in [0.2, 0.25) is 0 Å². The van der Waals surface area contributed by atoms with E-state index in [-0.39, 0.29) is 11.0 Å². The number of halogens is 2. The first-order valence-electron chi connectivity index (χ1n) is 8.12. The van der Waals surface area contributed by atoms with E-state index in [4.69, 9.17) is 0 Å². The van der Waals surface area contributed by atoms with Crippen LogP contribution in [0, 0.1) is 6.92 Å². The van der Waals surface area contributed by atoms with Gasteiger partial charge in [-0.25, -0.2) is 0 Å². The molecule has 7 heteroatoms. The Balaban J connectivity index is 1.76. The molecule has 0 saturated heterocycles. The minimum atomic E-state index is -2.81. The van der Waals surface area contributed by atoms with E-state index in [9.17, 15) is 8.78 Å². The van der Waals surface area contributed by atoms with Crippen molar-refractivity contribution in [1.29, 1.82) is 0 Å². The van der Waals surface area contributed by atoms with Crippen molar-refractivity contribution in [2.45, 2.75) is 30.9 Å². The molecule has 0 amide bonds. The number of benzene rings is 2. The summed E-state index contributed by atoms with van der Waals surface area (Å²) in [5.41, 5.74) is 3.19. The van der Waals surface area contributed by atoms with Gasteiger partial charge in [-0.15, -0.1) is 10.2 Å². The highest BCUT2D eigenvalue weighted by Crippen LogP contribution is 2.35. The largest absolute Gasteiger partial charge is 0.435 e. The van der Waals surface area contributed by atoms with Gasteiger partial charge in [-0.1, -0.05) is 48.2 Å². The predicted octanol–water partition coefficient (Wildman–Crippen LogP) is 5.25. The van der Waals surface area contributed by atoms with Gasteiger partial charge in [-0.05, 0) is 37.1 Å². The molecular weight excluding hydrogens is 356 g/mol. The Kier molecular flexibility index (Phi) is 5.56. The lowest BCUT2D eigenvalue weighted by atomic mass is 10.1. The maximum absolute atomic E-state index is 12.2. The van der Waals surface area contributed by atoms with Crippen LogP contribution in [0.15, 0.2) is 53.7 Å². The second kappa shape index (κ2) is 7.86. The van der Waals surface area contributed by atoms with Gasteiger partial charge in [0.15, 0.2) is 11.0 Å². The molecule has 0 aliphatic heterocycles. The van der Waals surface area contributed by atoms with Gasteiger partial charge in [0, 0.05) is 17.9 Å². The van der Waals surface area contributed by atoms with Gasteiger partial charge in [-0.2, -0.15) is 8.78 Å². The lowest BCUT2D eigenvalue weighted by Crippen LogP contribution is -2.02. The van der Waals surface area contributed by atoms with Crippen LogP contribution in [-0.2, 0) is 7.05 Å². The molecule has 0 N–H and O–H groups in total. The zero-order valence-corrected chi connectivity index (χ0v) is 15.5. The smallest absolute Gasteiger partial charge is 0.387 e. The molecule has 1 atom stereocenters. The molecule has 26 heavy (non-hydrogen) atoms. The van der Waals surface area contributed by atoms with E-state index >= 15 is 0 Å². The topological polar surface area (TPSA) is 39.9 Å². The van der Waals surface area contributed by atoms with Crippen molar-refractivity contribution in [1.82, 2.24) is 14.8 Å². The Hall–Kier alpha value is -2.41. The van der Waals surface area contributed by atoms with Crippen molar-refractivity contribution in [3.8, 4) is 17.1 Å². The molecule has 136 valence electrons. The Bertz CT molecular complexity index is 881. The third kappa shape index (κ3) is 4.04. The van der Waals surface area contributed by atoms with Crippen LogP contribution in [0.1, 0.15) is 23.3 Å². The molecule has 3 rings (SSSR count). The van der Waals surface area contributed by atoms with Crippen LogP contribution in [0.2, 0.25) is 0 Å². The van der Waals surface area contributed by atoms with E-state index in [2.05, 4.69) is 14.9 Å². The highest BCUT2D eigenvalue weighted by atomic mass is 32.2. The third-order valence-corrected chi connectivity index (χ3v) is 5.27. The molecule has 0 aliphatic rings. The van der Waals surface area contributed by atoms with Crippen molar-refractivity contribution in [2.24, 2.45) is 7.05 Å². The van der Waals surface area contributed by atoms with Crippen LogP contribution < -0.4 is 4.74 Å². The number of thioether (sulfide) groups is 1. The van der Waals surface area contributed by atoms with E-state index in [0.29, 0.717) is 0 Å². The first kappa shape index (κ1) is 18.4. The fourth-order valence-corrected chi connectivity index (χ4v) is 3.56. The Morgan fingerprint density at radius 1 is 1.04 bits per heavy atom. The lowest BCUT2D eigenvalue weighted by Gasteiger charge is -2.12. The highest BCUT2D eigenvalue weighted by Gasteiger charge is 2.16. The molecule has 3 aromatic rings. The van der Waals surface area contributed by atoms with Crippen LogP contribution in [0.25, 0.3) is 11.4 Å². The molecule has 2 aromatic carbocycles. The summed E-state index contributed by atoms with van der Waals surface area (Å²) in [5.74, 6) is 0.972. The van der Waals surface area contributed by atoms with Crippen LogP contribution in [-0.4, -0.2) is 21.4 Å². The van der Waals surface area contributed by atoms with Gasteiger partial charge in [-0.3, -0.25) is 0 Å². The number of alkyl halides is 2. The molecule has 0 aliphatic carbocycles. The average Bonchev–Trinajstić information content (AvgIpc) is 2.96. The van der Waals surface area contributed by atoms with Crippen molar-refractivity contribution < 1.29 is 13.5 Å². The van der Waals surface area contributed by atoms with Crippen LogP contribution >= 0.6 is 11.8 Å². The summed E-state index contributed by atoms with van der Waals surface area (Å²) in [5, 5.41) is 9.52. The molecule has 1 aromatic heterocycles. The molecule has 0 saturated carbocycles. The first-order chi connectivity index (χ1) is 12.5. The maximum Gasteiger partial charge on any atom is 0.387 e. The average molecular weight is 375 g/mol. The van der Waals surface area contributed by atoms with Crippen molar-refractivity contribution in [3.63, 3.8) is 0 Å². The second-order valence-corrected chi connectivity index (χ2v) is 7.20. The summed E-state index contributed by atoms with van der Waals surface area (Å²) in [6.07, 6.45) is 0. The monoisotopic (exact) mass is 375 g/mol. The molecule has 0 fully saturated rings. The van der Waals surface area contributed by atoms with E-state index in [1.807, 2.05) is 49.7 Å². The van der Waals surface area contributed by atoms with E-state index in [1.54, 1.807) is 36.0 Å². The predicted molar refractivity (Wildman–Crippen MR) is 98.5 cm³/mol. The Labute approximate surface area is 155 Å². The lowest BCUT2D eigenvalue weighted by molar-refractivity contribution is -0.0498. The van der Waals surface area contributed by atoms with Gasteiger partial charge in [0.1, 0.15) is 5.75 Å². The van der Waals surface area contributed by atoms with E-state index in [0.717, 1.165) is 27.7 Å². The summed E-state index contributed by atoms with van der Waals surface area (Å²) in [7, 11) is 1.94. The van der Waals surface area contributed by atoms with Gasteiger partial charge >= 0.3 is 6.61 Å². The molecule has 0 bridgehead atoms. The summed E-state index contributed by atoms with van der Waals surface area (Å²) in [6.45, 7) is 1.27. The molecule has 0 spiro atoms. The van der Waals surface area contributed by atoms with Crippen molar-refractivity contribution in [2.75, 3.05) is 0 Å². The summed E-state index contributed by atoms with van der Waals surface area (Å²) in [4.78, 5) is 0. The van der Waals surface area contributed by atoms with Gasteiger partial charge in [0.25, 0.3) is 0 Å². The van der Waals surface area contributed by atoms with Crippen LogP contribution in [0.5, 0.6) is 5.75 Å². The number of rotatable bonds is 6. The van der Waals surface area contributed by atoms with Crippen LogP contribution in [0.3, 0.4) is 0 Å². The summed E-state index contributed by atoms with van der Waals surface area (Å²) in [6, 6.07) is 14.7. The molecule has 0 radical (unpaired) electrons. The number of hydrogen-bond acceptors (Lipinski definition) is 4. The summed E-state index contributed by atoms with van der Waals surface area (Å²) < 4.78 is 30.8. The molecular formula is C19H19F2N3OS. The SMILES string of the molecule is Cc1ccccc1-c1nnc(SC(C)c2ccc(OC(F)F)cc2)n1C. The van der Waals surface area contributed by atoms with E-state index in [1.165, 1.54) is 0 Å². The number of aryl methyl sites for hydroxylation is 1. The number of aromatic nitrogens is 3. The van der Waals surface area contributed by atoms with Gasteiger partial charge in [0.05, 0.1) is 0 Å². The minimum Gasteiger partial charge on any atom is -0.435 e. The molecule has 1 unspecified atom stereocenters. The Morgan fingerprint density at radius 2 is 1.73 bits per heavy atom. The Morgan fingerprint density at radius 3 is 2.38 bits per heavy atom. The number of hydrogen-bond donors (Lipinski definition) is 0. The quantitative estimate of drug-likeness (QED) is 0.552. The maximum atomic E-state index is 12.2. The zero-order valence-electron chi connectivity index (χ0n) is 14.7. The van der Waals surface area contributed by atoms with E-state index < -0.39 is 6.61 Å². The fraction of sp³-hybridized carbons (Fsp3) is 0.263. The fourth-order valence-electron chi connectivity index (χ4n) is 2.62. The normalized spacial score (nSPS) is 12.4. The highest BCUT2D eigenvalue weighted by molar-refractivity contribution is 7.99. The zero-order chi connectivity index (χ0) is 18.7. The van der Waals surface area contributed by atoms with Gasteiger partial charge < -0.3 is 9.30 Å². The van der Waals surface area contributed by atoms with Crippen LogP contribution in [0.4, 0.5) is 8.78 Å². The number of nitrogens with zero attached hydrogens (tertiary/aromatic N) is 3. The summed E-state index contributed by atoms with van der Waals surface area (Å²) >= 11 is 1.56.